The Hall–Kier alpha value is -2.02. The van der Waals surface area contributed by atoms with Crippen LogP contribution in [0.4, 0.5) is 0 Å². The zero-order valence-corrected chi connectivity index (χ0v) is 13.6. The molecule has 1 nitrogen and oxygen atoms in total. The zero-order valence-electron chi connectivity index (χ0n) is 13.6. The van der Waals surface area contributed by atoms with E-state index in [1.807, 2.05) is 0 Å². The maximum atomic E-state index is 6.03. The second kappa shape index (κ2) is 6.62. The van der Waals surface area contributed by atoms with Gasteiger partial charge in [-0.2, -0.15) is 0 Å². The van der Waals surface area contributed by atoms with Crippen molar-refractivity contribution >= 4 is 0 Å². The van der Waals surface area contributed by atoms with E-state index in [1.165, 1.54) is 48.1 Å². The summed E-state index contributed by atoms with van der Waals surface area (Å²) in [6, 6.07) is 19.5. The van der Waals surface area contributed by atoms with Crippen molar-refractivity contribution in [3.05, 3.63) is 71.5 Å². The summed E-state index contributed by atoms with van der Waals surface area (Å²) in [5, 5.41) is 0. The van der Waals surface area contributed by atoms with Gasteiger partial charge in [-0.05, 0) is 60.3 Å². The van der Waals surface area contributed by atoms with Gasteiger partial charge in [0.25, 0.3) is 0 Å². The van der Waals surface area contributed by atoms with Crippen LogP contribution in [0.2, 0.25) is 0 Å². The summed E-state index contributed by atoms with van der Waals surface area (Å²) < 4.78 is 6.03. The molecule has 1 fully saturated rings. The summed E-state index contributed by atoms with van der Waals surface area (Å²) >= 11 is 0. The van der Waals surface area contributed by atoms with Crippen LogP contribution in [-0.2, 0) is 11.2 Å². The lowest BCUT2D eigenvalue weighted by Gasteiger charge is -2.13. The molecular formula is C22H24O. The highest BCUT2D eigenvalue weighted by molar-refractivity contribution is 5.63. The van der Waals surface area contributed by atoms with Crippen molar-refractivity contribution in [3.63, 3.8) is 0 Å². The van der Waals surface area contributed by atoms with Crippen molar-refractivity contribution in [2.45, 2.75) is 38.5 Å². The van der Waals surface area contributed by atoms with Crippen LogP contribution in [0.5, 0.6) is 0 Å². The van der Waals surface area contributed by atoms with Gasteiger partial charge in [-0.25, -0.2) is 0 Å². The minimum atomic E-state index is 0.867. The van der Waals surface area contributed by atoms with Gasteiger partial charge in [-0.3, -0.25) is 0 Å². The predicted molar refractivity (Wildman–Crippen MR) is 95.1 cm³/mol. The normalized spacial score (nSPS) is 19.4. The molecule has 1 unspecified atom stereocenters. The van der Waals surface area contributed by atoms with Crippen LogP contribution >= 0.6 is 0 Å². The third-order valence-corrected chi connectivity index (χ3v) is 5.20. The molecule has 4 rings (SSSR count). The molecule has 2 aliphatic rings. The molecule has 1 atom stereocenters. The Morgan fingerprint density at radius 1 is 0.870 bits per heavy atom. The van der Waals surface area contributed by atoms with Crippen molar-refractivity contribution in [1.29, 1.82) is 0 Å². The molecule has 0 saturated heterocycles. The van der Waals surface area contributed by atoms with Gasteiger partial charge < -0.3 is 4.74 Å². The Morgan fingerprint density at radius 3 is 2.35 bits per heavy atom. The average Bonchev–Trinajstić information content (AvgIpc) is 3.23. The van der Waals surface area contributed by atoms with E-state index in [4.69, 9.17) is 4.74 Å². The molecule has 2 aliphatic carbocycles. The largest absolute Gasteiger partial charge is 0.498 e. The molecule has 0 radical (unpaired) electrons. The van der Waals surface area contributed by atoms with E-state index >= 15 is 0 Å². The lowest BCUT2D eigenvalue weighted by Crippen LogP contribution is -2.01. The number of rotatable bonds is 6. The highest BCUT2D eigenvalue weighted by atomic mass is 16.5. The van der Waals surface area contributed by atoms with Gasteiger partial charge in [0.05, 0.1) is 12.4 Å². The van der Waals surface area contributed by atoms with Crippen LogP contribution in [0.25, 0.3) is 11.1 Å². The summed E-state index contributed by atoms with van der Waals surface area (Å²) in [5.74, 6) is 2.24. The van der Waals surface area contributed by atoms with Crippen molar-refractivity contribution in [2.24, 2.45) is 5.92 Å². The van der Waals surface area contributed by atoms with Crippen molar-refractivity contribution in [2.75, 3.05) is 6.61 Å². The van der Waals surface area contributed by atoms with Gasteiger partial charge >= 0.3 is 0 Å². The van der Waals surface area contributed by atoms with E-state index in [0.717, 1.165) is 25.4 Å². The third kappa shape index (κ3) is 3.34. The molecule has 1 saturated carbocycles. The van der Waals surface area contributed by atoms with Crippen LogP contribution in [0.3, 0.4) is 0 Å². The van der Waals surface area contributed by atoms with Gasteiger partial charge in [0.15, 0.2) is 0 Å². The van der Waals surface area contributed by atoms with Crippen molar-refractivity contribution in [3.8, 4) is 11.1 Å². The van der Waals surface area contributed by atoms with Crippen LogP contribution in [0.15, 0.2) is 65.9 Å². The summed E-state index contributed by atoms with van der Waals surface area (Å²) in [6.07, 6.45) is 7.42. The fourth-order valence-corrected chi connectivity index (χ4v) is 3.89. The van der Waals surface area contributed by atoms with Gasteiger partial charge in [0, 0.05) is 6.42 Å². The Balaban J connectivity index is 1.27. The highest BCUT2D eigenvalue weighted by Gasteiger charge is 2.31. The molecule has 0 aromatic heterocycles. The van der Waals surface area contributed by atoms with Gasteiger partial charge in [-0.1, -0.05) is 54.6 Å². The van der Waals surface area contributed by atoms with E-state index in [2.05, 4.69) is 54.6 Å². The lowest BCUT2D eigenvalue weighted by atomic mass is 10.0. The Morgan fingerprint density at radius 2 is 1.65 bits per heavy atom. The van der Waals surface area contributed by atoms with E-state index in [-0.39, 0.29) is 0 Å². The number of hydrogen-bond acceptors (Lipinski definition) is 1. The fourth-order valence-electron chi connectivity index (χ4n) is 3.89. The van der Waals surface area contributed by atoms with E-state index in [1.54, 1.807) is 5.57 Å². The first-order chi connectivity index (χ1) is 11.4. The minimum Gasteiger partial charge on any atom is -0.498 e. The summed E-state index contributed by atoms with van der Waals surface area (Å²) in [6.45, 7) is 0.867. The van der Waals surface area contributed by atoms with E-state index in [9.17, 15) is 0 Å². The van der Waals surface area contributed by atoms with Crippen LogP contribution in [0.1, 0.15) is 37.7 Å². The Kier molecular flexibility index (Phi) is 4.19. The fraction of sp³-hybridized carbons (Fsp3) is 0.364. The number of hydrogen-bond donors (Lipinski definition) is 0. The minimum absolute atomic E-state index is 0.867. The molecule has 1 heteroatoms. The van der Waals surface area contributed by atoms with Gasteiger partial charge in [0.2, 0.25) is 0 Å². The second-order valence-corrected chi connectivity index (χ2v) is 6.85. The number of benzene rings is 2. The molecular weight excluding hydrogens is 280 g/mol. The topological polar surface area (TPSA) is 9.23 Å². The maximum absolute atomic E-state index is 6.03. The first-order valence-electron chi connectivity index (χ1n) is 8.86. The second-order valence-electron chi connectivity index (χ2n) is 6.85. The quantitative estimate of drug-likeness (QED) is 0.616. The third-order valence-electron chi connectivity index (χ3n) is 5.20. The number of allylic oxidation sites excluding steroid dienone is 2. The Labute approximate surface area is 139 Å². The number of ether oxygens (including phenoxy) is 1. The van der Waals surface area contributed by atoms with E-state index in [0.29, 0.717) is 0 Å². The average molecular weight is 304 g/mol. The molecule has 118 valence electrons. The summed E-state index contributed by atoms with van der Waals surface area (Å²) in [4.78, 5) is 0. The lowest BCUT2D eigenvalue weighted by molar-refractivity contribution is 0.190. The molecule has 0 aliphatic heterocycles. The first-order valence-corrected chi connectivity index (χ1v) is 8.86. The van der Waals surface area contributed by atoms with E-state index < -0.39 is 0 Å². The Bertz CT molecular complexity index is 682. The molecule has 0 spiro atoms. The first kappa shape index (κ1) is 14.6. The van der Waals surface area contributed by atoms with Gasteiger partial charge in [-0.15, -0.1) is 0 Å². The molecule has 0 heterocycles. The summed E-state index contributed by atoms with van der Waals surface area (Å²) in [5.41, 5.74) is 5.59. The van der Waals surface area contributed by atoms with Crippen molar-refractivity contribution in [1.82, 2.24) is 0 Å². The molecule has 2 bridgehead atoms. The highest BCUT2D eigenvalue weighted by Crippen LogP contribution is 2.44. The smallest absolute Gasteiger partial charge is 0.0954 e. The van der Waals surface area contributed by atoms with Gasteiger partial charge in [0.1, 0.15) is 0 Å². The standard InChI is InChI=1S/C22H24O/c1-2-6-19(7-3-1)20-11-8-17(9-12-20)5-4-14-23-22-16-18-10-13-21(22)15-18/h1-3,6-9,11-12,18H,4-5,10,13-16H2. The predicted octanol–water partition coefficient (Wildman–Crippen LogP) is 5.76. The maximum Gasteiger partial charge on any atom is 0.0954 e. The molecule has 2 aromatic carbocycles. The number of aryl methyl sites for hydroxylation is 1. The van der Waals surface area contributed by atoms with Crippen LogP contribution in [0, 0.1) is 5.92 Å². The molecule has 2 aromatic rings. The zero-order chi connectivity index (χ0) is 15.5. The molecule has 23 heavy (non-hydrogen) atoms. The van der Waals surface area contributed by atoms with Crippen molar-refractivity contribution < 1.29 is 4.74 Å². The number of fused-ring (bicyclic) bond motifs is 2. The molecule has 0 N–H and O–H groups in total. The monoisotopic (exact) mass is 304 g/mol. The summed E-state index contributed by atoms with van der Waals surface area (Å²) in [7, 11) is 0. The SMILES string of the molecule is c1ccc(-c2ccc(CCCOC3=C4CCC(C4)C3)cc2)cc1. The van der Waals surface area contributed by atoms with Crippen LogP contribution in [-0.4, -0.2) is 6.61 Å². The molecule has 0 amide bonds. The van der Waals surface area contributed by atoms with Crippen LogP contribution < -0.4 is 0 Å².